The highest BCUT2D eigenvalue weighted by atomic mass is 32.1. The summed E-state index contributed by atoms with van der Waals surface area (Å²) in [5.74, 6) is -0.438. The van der Waals surface area contributed by atoms with Crippen LogP contribution in [0.3, 0.4) is 0 Å². The van der Waals surface area contributed by atoms with Gasteiger partial charge in [-0.05, 0) is 50.0 Å². The van der Waals surface area contributed by atoms with Crippen molar-refractivity contribution < 1.29 is 18.7 Å². The molecule has 2 heterocycles. The number of thiol groups is 1. The lowest BCUT2D eigenvalue weighted by Crippen LogP contribution is -2.42. The zero-order chi connectivity index (χ0) is 23.4. The molecule has 2 unspecified atom stereocenters. The monoisotopic (exact) mass is 471 g/mol. The van der Waals surface area contributed by atoms with E-state index in [1.165, 1.54) is 6.07 Å². The summed E-state index contributed by atoms with van der Waals surface area (Å²) in [6, 6.07) is 7.90. The number of Topliss-reactive ketones (excluding diaryl/α,β-unsaturated/α-hetero) is 1. The zero-order valence-electron chi connectivity index (χ0n) is 18.8. The molecule has 0 N–H and O–H groups in total. The molecule has 2 aromatic rings. The fourth-order valence-electron chi connectivity index (χ4n) is 4.28. The first-order chi connectivity index (χ1) is 16.0. The Bertz CT molecular complexity index is 1030. The Morgan fingerprint density at radius 2 is 2.06 bits per heavy atom. The third kappa shape index (κ3) is 5.92. The van der Waals surface area contributed by atoms with E-state index in [4.69, 9.17) is 17.4 Å². The quantitative estimate of drug-likeness (QED) is 0.441. The maximum Gasteiger partial charge on any atom is 0.307 e. The van der Waals surface area contributed by atoms with E-state index in [9.17, 15) is 14.0 Å². The van der Waals surface area contributed by atoms with Crippen LogP contribution in [-0.4, -0.2) is 51.4 Å². The molecule has 4 rings (SSSR count). The van der Waals surface area contributed by atoms with E-state index in [-0.39, 0.29) is 35.2 Å². The van der Waals surface area contributed by atoms with Gasteiger partial charge >= 0.3 is 5.97 Å². The number of esters is 1. The summed E-state index contributed by atoms with van der Waals surface area (Å²) in [5, 5.41) is 4.58. The van der Waals surface area contributed by atoms with E-state index in [1.807, 2.05) is 18.3 Å². The molecule has 8 heteroatoms. The molecule has 0 bridgehead atoms. The summed E-state index contributed by atoms with van der Waals surface area (Å²) in [6.07, 6.45) is 6.63. The predicted octanol–water partition coefficient (Wildman–Crippen LogP) is 4.08. The molecule has 33 heavy (non-hydrogen) atoms. The molecular weight excluding hydrogens is 441 g/mol. The van der Waals surface area contributed by atoms with Gasteiger partial charge in [0.25, 0.3) is 0 Å². The number of ether oxygens (including phenoxy) is 1. The number of rotatable bonds is 9. The van der Waals surface area contributed by atoms with E-state index >= 15 is 0 Å². The van der Waals surface area contributed by atoms with E-state index in [0.717, 1.165) is 30.5 Å². The van der Waals surface area contributed by atoms with E-state index in [0.29, 0.717) is 31.8 Å². The van der Waals surface area contributed by atoms with Crippen LogP contribution < -0.4 is 0 Å². The van der Waals surface area contributed by atoms with Crippen molar-refractivity contribution in [1.82, 2.24) is 14.7 Å². The fourth-order valence-corrected chi connectivity index (χ4v) is 4.55. The molecule has 0 spiro atoms. The van der Waals surface area contributed by atoms with Crippen LogP contribution in [0.25, 0.3) is 6.08 Å². The summed E-state index contributed by atoms with van der Waals surface area (Å²) in [4.78, 5) is 26.8. The highest BCUT2D eigenvalue weighted by Crippen LogP contribution is 2.39. The van der Waals surface area contributed by atoms with Crippen molar-refractivity contribution in [2.45, 2.75) is 50.4 Å². The fraction of sp³-hybridized carbons (Fsp3) is 0.480. The van der Waals surface area contributed by atoms with Crippen LogP contribution in [-0.2, 0) is 20.9 Å². The molecule has 1 aliphatic heterocycles. The zero-order valence-corrected chi connectivity index (χ0v) is 19.7. The molecule has 0 radical (unpaired) electrons. The number of piperidine rings is 1. The van der Waals surface area contributed by atoms with Gasteiger partial charge in [0.15, 0.2) is 5.78 Å². The average molecular weight is 472 g/mol. The minimum absolute atomic E-state index is 0.0332. The molecule has 6 nitrogen and oxygen atoms in total. The van der Waals surface area contributed by atoms with Crippen LogP contribution in [0.2, 0.25) is 0 Å². The second kappa shape index (κ2) is 10.7. The molecule has 0 amide bonds. The van der Waals surface area contributed by atoms with E-state index < -0.39 is 6.04 Å². The van der Waals surface area contributed by atoms with Crippen molar-refractivity contribution in [3.63, 3.8) is 0 Å². The highest BCUT2D eigenvalue weighted by molar-refractivity contribution is 7.81. The molecule has 2 aliphatic rings. The molecule has 176 valence electrons. The lowest BCUT2D eigenvalue weighted by atomic mass is 9.93. The number of likely N-dealkylation sites (tertiary alicyclic amines) is 1. The maximum atomic E-state index is 14.7. The number of hydrogen-bond acceptors (Lipinski definition) is 6. The normalized spacial score (nSPS) is 21.2. The number of hydrogen-bond donors (Lipinski definition) is 1. The van der Waals surface area contributed by atoms with Crippen LogP contribution in [0.4, 0.5) is 4.39 Å². The Hall–Kier alpha value is -2.45. The van der Waals surface area contributed by atoms with Crippen LogP contribution in [0, 0.1) is 11.7 Å². The Labute approximate surface area is 199 Å². The first kappa shape index (κ1) is 23.7. The van der Waals surface area contributed by atoms with Gasteiger partial charge in [-0.15, -0.1) is 0 Å². The highest BCUT2D eigenvalue weighted by Gasteiger charge is 2.40. The molecule has 1 aromatic heterocycles. The number of carbonyl (C=O) groups excluding carboxylic acids is 2. The van der Waals surface area contributed by atoms with Crippen molar-refractivity contribution in [3.05, 3.63) is 59.2 Å². The van der Waals surface area contributed by atoms with Crippen LogP contribution in [0.5, 0.6) is 0 Å². The Balaban J connectivity index is 1.51. The minimum Gasteiger partial charge on any atom is -0.466 e. The average Bonchev–Trinajstić information content (AvgIpc) is 3.56. The van der Waals surface area contributed by atoms with Crippen molar-refractivity contribution in [2.75, 3.05) is 19.7 Å². The SMILES string of the molecule is CCOC(=O)CCn1ccc(/C=C2\CN(C(C(=O)C3CC3)c3ccccc3F)CCC2S)n1. The van der Waals surface area contributed by atoms with Gasteiger partial charge in [-0.25, -0.2) is 4.39 Å². The smallest absolute Gasteiger partial charge is 0.307 e. The third-order valence-electron chi connectivity index (χ3n) is 6.16. The molecule has 2 atom stereocenters. The number of benzene rings is 1. The summed E-state index contributed by atoms with van der Waals surface area (Å²) >= 11 is 4.76. The number of ketones is 1. The van der Waals surface area contributed by atoms with Gasteiger partial charge in [0.1, 0.15) is 5.82 Å². The van der Waals surface area contributed by atoms with Crippen molar-refractivity contribution in [3.8, 4) is 0 Å². The topological polar surface area (TPSA) is 64.4 Å². The summed E-state index contributed by atoms with van der Waals surface area (Å²) in [5.41, 5.74) is 2.27. The Morgan fingerprint density at radius 3 is 2.79 bits per heavy atom. The van der Waals surface area contributed by atoms with Gasteiger partial charge in [-0.1, -0.05) is 18.2 Å². The largest absolute Gasteiger partial charge is 0.466 e. The first-order valence-electron chi connectivity index (χ1n) is 11.6. The summed E-state index contributed by atoms with van der Waals surface area (Å²) in [7, 11) is 0. The molecule has 1 aromatic carbocycles. The minimum atomic E-state index is -0.579. The van der Waals surface area contributed by atoms with Crippen molar-refractivity contribution >= 4 is 30.5 Å². The molecule has 1 saturated heterocycles. The third-order valence-corrected chi connectivity index (χ3v) is 6.75. The van der Waals surface area contributed by atoms with Crippen molar-refractivity contribution in [1.29, 1.82) is 0 Å². The molecule has 2 fully saturated rings. The van der Waals surface area contributed by atoms with Gasteiger partial charge in [-0.3, -0.25) is 19.2 Å². The standard InChI is InChI=1S/C25H30FN3O3S/c1-2-32-23(30)11-14-29-13-9-19(27-29)15-18-16-28(12-10-22(18)33)24(25(31)17-7-8-17)20-5-3-4-6-21(20)26/h3-6,9,13,15,17,22,24,33H,2,7-8,10-12,14,16H2,1H3/b18-15+. The number of aryl methyl sites for hydroxylation is 1. The number of nitrogens with zero attached hydrogens (tertiary/aromatic N) is 3. The molecule has 1 aliphatic carbocycles. The predicted molar refractivity (Wildman–Crippen MR) is 127 cm³/mol. The first-order valence-corrected chi connectivity index (χ1v) is 12.1. The Kier molecular flexibility index (Phi) is 7.65. The van der Waals surface area contributed by atoms with Crippen LogP contribution >= 0.6 is 12.6 Å². The molecular formula is C25H30FN3O3S. The lowest BCUT2D eigenvalue weighted by Gasteiger charge is -2.37. The van der Waals surface area contributed by atoms with Gasteiger partial charge in [0.2, 0.25) is 0 Å². The maximum absolute atomic E-state index is 14.7. The van der Waals surface area contributed by atoms with E-state index in [2.05, 4.69) is 10.00 Å². The molecule has 1 saturated carbocycles. The number of aromatic nitrogens is 2. The number of carbonyl (C=O) groups is 2. The Morgan fingerprint density at radius 1 is 1.27 bits per heavy atom. The van der Waals surface area contributed by atoms with Gasteiger partial charge < -0.3 is 4.74 Å². The lowest BCUT2D eigenvalue weighted by molar-refractivity contribution is -0.143. The van der Waals surface area contributed by atoms with Gasteiger partial charge in [-0.2, -0.15) is 17.7 Å². The number of halogens is 1. The van der Waals surface area contributed by atoms with Crippen molar-refractivity contribution in [2.24, 2.45) is 5.92 Å². The second-order valence-electron chi connectivity index (χ2n) is 8.65. The van der Waals surface area contributed by atoms with E-state index in [1.54, 1.807) is 29.8 Å². The summed E-state index contributed by atoms with van der Waals surface area (Å²) < 4.78 is 21.4. The summed E-state index contributed by atoms with van der Waals surface area (Å²) in [6.45, 7) is 3.81. The van der Waals surface area contributed by atoms with Crippen LogP contribution in [0.15, 0.2) is 42.1 Å². The van der Waals surface area contributed by atoms with Gasteiger partial charge in [0.05, 0.1) is 31.3 Å². The van der Waals surface area contributed by atoms with Gasteiger partial charge in [0, 0.05) is 36.0 Å². The van der Waals surface area contributed by atoms with Crippen LogP contribution in [0.1, 0.15) is 49.9 Å². The second-order valence-corrected chi connectivity index (χ2v) is 9.28.